The average molecular weight is 484 g/mol. The van der Waals surface area contributed by atoms with Gasteiger partial charge in [0.15, 0.2) is 11.7 Å². The molecule has 5 rings (SSSR count). The van der Waals surface area contributed by atoms with E-state index in [1.807, 2.05) is 44.2 Å². The lowest BCUT2D eigenvalue weighted by molar-refractivity contribution is 0.0631. The van der Waals surface area contributed by atoms with E-state index < -0.39 is 0 Å². The van der Waals surface area contributed by atoms with Gasteiger partial charge in [0, 0.05) is 29.3 Å². The predicted molar refractivity (Wildman–Crippen MR) is 133 cm³/mol. The normalized spacial score (nSPS) is 12.8. The van der Waals surface area contributed by atoms with E-state index in [1.54, 1.807) is 43.6 Å². The Labute approximate surface area is 208 Å². The summed E-state index contributed by atoms with van der Waals surface area (Å²) in [6, 6.07) is 17.9. The highest BCUT2D eigenvalue weighted by Gasteiger charge is 2.34. The summed E-state index contributed by atoms with van der Waals surface area (Å²) < 4.78 is 17.1. The van der Waals surface area contributed by atoms with Crippen molar-refractivity contribution in [2.75, 3.05) is 20.3 Å². The number of rotatable bonds is 8. The first-order valence-electron chi connectivity index (χ1n) is 11.7. The minimum Gasteiger partial charge on any atom is -0.492 e. The molecule has 0 saturated heterocycles. The van der Waals surface area contributed by atoms with Gasteiger partial charge in [0.05, 0.1) is 24.8 Å². The fourth-order valence-corrected chi connectivity index (χ4v) is 4.02. The number of hydrogen-bond donors (Lipinski definition) is 0. The Kier molecular flexibility index (Phi) is 6.25. The summed E-state index contributed by atoms with van der Waals surface area (Å²) in [6.07, 6.45) is 1.71. The summed E-state index contributed by atoms with van der Waals surface area (Å²) in [7, 11) is 1.57. The maximum atomic E-state index is 12.5. The zero-order valence-corrected chi connectivity index (χ0v) is 20.2. The zero-order valence-electron chi connectivity index (χ0n) is 20.2. The Balaban J connectivity index is 1.30. The van der Waals surface area contributed by atoms with Gasteiger partial charge in [-0.3, -0.25) is 14.5 Å². The van der Waals surface area contributed by atoms with Gasteiger partial charge in [0.1, 0.15) is 18.1 Å². The van der Waals surface area contributed by atoms with E-state index in [0.717, 1.165) is 11.1 Å². The van der Waals surface area contributed by atoms with Crippen LogP contribution in [-0.4, -0.2) is 46.9 Å². The van der Waals surface area contributed by atoms with Gasteiger partial charge in [-0.05, 0) is 42.5 Å². The molecule has 0 bridgehead atoms. The molecule has 0 radical (unpaired) electrons. The number of carbonyl (C=O) groups is 2. The number of ether oxygens (including phenoxy) is 2. The van der Waals surface area contributed by atoms with Crippen molar-refractivity contribution < 1.29 is 23.5 Å². The van der Waals surface area contributed by atoms with Gasteiger partial charge in [-0.25, -0.2) is 9.97 Å². The van der Waals surface area contributed by atoms with E-state index in [0.29, 0.717) is 40.1 Å². The largest absolute Gasteiger partial charge is 0.492 e. The topological polar surface area (TPSA) is 94.8 Å². The van der Waals surface area contributed by atoms with Gasteiger partial charge >= 0.3 is 0 Å². The number of hydrogen-bond acceptors (Lipinski definition) is 7. The molecule has 0 aliphatic carbocycles. The molecule has 2 aromatic heterocycles. The van der Waals surface area contributed by atoms with Crippen molar-refractivity contribution in [3.8, 4) is 34.2 Å². The lowest BCUT2D eigenvalue weighted by atomic mass is 10.1. The van der Waals surface area contributed by atoms with E-state index in [2.05, 4.69) is 4.98 Å². The third-order valence-corrected chi connectivity index (χ3v) is 5.93. The number of oxazole rings is 1. The summed E-state index contributed by atoms with van der Waals surface area (Å²) >= 11 is 0. The molecule has 2 aromatic carbocycles. The molecule has 8 heteroatoms. The van der Waals surface area contributed by atoms with Crippen molar-refractivity contribution in [1.82, 2.24) is 14.9 Å². The summed E-state index contributed by atoms with van der Waals surface area (Å²) in [4.78, 5) is 35.2. The Morgan fingerprint density at radius 1 is 0.917 bits per heavy atom. The van der Waals surface area contributed by atoms with Crippen LogP contribution in [0.3, 0.4) is 0 Å². The van der Waals surface area contributed by atoms with E-state index in [-0.39, 0.29) is 30.9 Å². The molecule has 2 amide bonds. The van der Waals surface area contributed by atoms with Crippen molar-refractivity contribution in [2.24, 2.45) is 0 Å². The third-order valence-electron chi connectivity index (χ3n) is 5.93. The second kappa shape index (κ2) is 9.65. The van der Waals surface area contributed by atoms with Crippen molar-refractivity contribution in [2.45, 2.75) is 19.8 Å². The smallest absolute Gasteiger partial charge is 0.261 e. The lowest BCUT2D eigenvalue weighted by Gasteiger charge is -2.14. The highest BCUT2D eigenvalue weighted by Crippen LogP contribution is 2.35. The number of nitrogens with zero attached hydrogens (tertiary/aromatic N) is 3. The van der Waals surface area contributed by atoms with Crippen molar-refractivity contribution in [1.29, 1.82) is 0 Å². The van der Waals surface area contributed by atoms with Crippen LogP contribution in [-0.2, 0) is 0 Å². The molecule has 0 unspecified atom stereocenters. The van der Waals surface area contributed by atoms with Gasteiger partial charge in [0.2, 0.25) is 5.88 Å². The van der Waals surface area contributed by atoms with Crippen LogP contribution in [0.1, 0.15) is 46.4 Å². The highest BCUT2D eigenvalue weighted by molar-refractivity contribution is 6.21. The second-order valence-corrected chi connectivity index (χ2v) is 8.65. The zero-order chi connectivity index (χ0) is 25.2. The Morgan fingerprint density at radius 2 is 1.58 bits per heavy atom. The minimum atomic E-state index is -0.290. The summed E-state index contributed by atoms with van der Waals surface area (Å²) in [5, 5.41) is 0. The molecular formula is C28H25N3O5. The molecule has 182 valence electrons. The first-order valence-corrected chi connectivity index (χ1v) is 11.7. The Morgan fingerprint density at radius 3 is 2.17 bits per heavy atom. The third kappa shape index (κ3) is 4.33. The number of carbonyl (C=O) groups excluding carboxylic acids is 2. The van der Waals surface area contributed by atoms with E-state index in [9.17, 15) is 9.59 Å². The molecule has 0 spiro atoms. The monoisotopic (exact) mass is 483 g/mol. The summed E-state index contributed by atoms with van der Waals surface area (Å²) in [5.41, 5.74) is 3.23. The summed E-state index contributed by atoms with van der Waals surface area (Å²) in [6.45, 7) is 4.41. The molecule has 0 saturated carbocycles. The molecule has 36 heavy (non-hydrogen) atoms. The number of aromatic nitrogens is 2. The standard InChI is InChI=1S/C28H25N3O5/c1-17(2)26-30-24(19-10-13-23(34-3)29-16-19)25(36-26)18-8-11-20(12-9-18)35-15-14-31-27(32)21-6-4-5-7-22(21)28(31)33/h4-13,16-17H,14-15H2,1-3H3. The minimum absolute atomic E-state index is 0.119. The molecule has 8 nitrogen and oxygen atoms in total. The first kappa shape index (κ1) is 23.3. The summed E-state index contributed by atoms with van der Waals surface area (Å²) in [5.74, 6) is 1.96. The van der Waals surface area contributed by atoms with Gasteiger partial charge in [-0.1, -0.05) is 26.0 Å². The van der Waals surface area contributed by atoms with Crippen LogP contribution >= 0.6 is 0 Å². The Bertz CT molecular complexity index is 1370. The van der Waals surface area contributed by atoms with Crippen molar-refractivity contribution in [3.05, 3.63) is 83.9 Å². The SMILES string of the molecule is COc1ccc(-c2nc(C(C)C)oc2-c2ccc(OCCN3C(=O)c4ccccc4C3=O)cc2)cn1. The van der Waals surface area contributed by atoms with Crippen LogP contribution < -0.4 is 9.47 Å². The molecule has 1 aliphatic heterocycles. The van der Waals surface area contributed by atoms with Crippen LogP contribution in [0, 0.1) is 0 Å². The van der Waals surface area contributed by atoms with Crippen molar-refractivity contribution >= 4 is 11.8 Å². The van der Waals surface area contributed by atoms with E-state index >= 15 is 0 Å². The second-order valence-electron chi connectivity index (χ2n) is 8.65. The van der Waals surface area contributed by atoms with Crippen LogP contribution in [0.4, 0.5) is 0 Å². The lowest BCUT2D eigenvalue weighted by Crippen LogP contribution is -2.33. The van der Waals surface area contributed by atoms with Gasteiger partial charge in [-0.2, -0.15) is 0 Å². The van der Waals surface area contributed by atoms with Gasteiger partial charge in [0.25, 0.3) is 11.8 Å². The number of methoxy groups -OCH3 is 1. The molecule has 1 aliphatic rings. The Hall–Kier alpha value is -4.46. The molecule has 4 aromatic rings. The molecule has 0 atom stereocenters. The van der Waals surface area contributed by atoms with E-state index in [4.69, 9.17) is 18.9 Å². The average Bonchev–Trinajstić information content (AvgIpc) is 3.46. The number of benzene rings is 2. The first-order chi connectivity index (χ1) is 17.5. The predicted octanol–water partition coefficient (Wildman–Crippen LogP) is 5.21. The fraction of sp³-hybridized carbons (Fsp3) is 0.214. The van der Waals surface area contributed by atoms with E-state index in [1.165, 1.54) is 4.90 Å². The van der Waals surface area contributed by atoms with Gasteiger partial charge < -0.3 is 13.9 Å². The highest BCUT2D eigenvalue weighted by atomic mass is 16.5. The number of fused-ring (bicyclic) bond motifs is 1. The molecule has 0 N–H and O–H groups in total. The fourth-order valence-electron chi connectivity index (χ4n) is 4.02. The molecule has 0 fully saturated rings. The maximum Gasteiger partial charge on any atom is 0.261 e. The molecular weight excluding hydrogens is 458 g/mol. The van der Waals surface area contributed by atoms with Crippen LogP contribution in [0.15, 0.2) is 71.3 Å². The number of amides is 2. The van der Waals surface area contributed by atoms with Crippen LogP contribution in [0.25, 0.3) is 22.6 Å². The van der Waals surface area contributed by atoms with Crippen molar-refractivity contribution in [3.63, 3.8) is 0 Å². The number of imide groups is 1. The van der Waals surface area contributed by atoms with Crippen LogP contribution in [0.5, 0.6) is 11.6 Å². The van der Waals surface area contributed by atoms with Crippen LogP contribution in [0.2, 0.25) is 0 Å². The maximum absolute atomic E-state index is 12.5. The quantitative estimate of drug-likeness (QED) is 0.318. The number of pyridine rings is 1. The molecule has 3 heterocycles. The van der Waals surface area contributed by atoms with Gasteiger partial charge in [-0.15, -0.1) is 0 Å².